The molecular weight excluding hydrogens is 370 g/mol. The summed E-state index contributed by atoms with van der Waals surface area (Å²) in [5.74, 6) is 1.25. The molecule has 3 aromatic rings. The van der Waals surface area contributed by atoms with Crippen molar-refractivity contribution in [3.63, 3.8) is 0 Å². The maximum absolute atomic E-state index is 11.5. The van der Waals surface area contributed by atoms with Crippen molar-refractivity contribution < 1.29 is 17.9 Å². The molecule has 134 valence electrons. The molecule has 0 bridgehead atoms. The molecule has 0 amide bonds. The van der Waals surface area contributed by atoms with Crippen LogP contribution in [0.3, 0.4) is 0 Å². The summed E-state index contributed by atoms with van der Waals surface area (Å²) in [4.78, 5) is 1.05. The number of rotatable bonds is 4. The second-order valence-electron chi connectivity index (χ2n) is 6.08. The molecule has 5 nitrogen and oxygen atoms in total. The molecular formula is C19H17NO4S2. The largest absolute Gasteiger partial charge is 0.496 e. The van der Waals surface area contributed by atoms with Gasteiger partial charge in [0.1, 0.15) is 11.5 Å². The number of hydrogen-bond donors (Lipinski definition) is 1. The lowest BCUT2D eigenvalue weighted by atomic mass is 9.90. The van der Waals surface area contributed by atoms with Gasteiger partial charge in [0.15, 0.2) is 6.10 Å². The summed E-state index contributed by atoms with van der Waals surface area (Å²) in [6.07, 6.45) is -0.301. The number of sulfonamides is 1. The van der Waals surface area contributed by atoms with Gasteiger partial charge in [0.25, 0.3) is 0 Å². The highest BCUT2D eigenvalue weighted by Gasteiger charge is 2.30. The van der Waals surface area contributed by atoms with Crippen molar-refractivity contribution in [3.05, 3.63) is 69.9 Å². The lowest BCUT2D eigenvalue weighted by Crippen LogP contribution is -2.17. The highest BCUT2D eigenvalue weighted by molar-refractivity contribution is 7.88. The molecule has 7 heteroatoms. The highest BCUT2D eigenvalue weighted by atomic mass is 32.2. The maximum Gasteiger partial charge on any atom is 0.213 e. The first-order valence-electron chi connectivity index (χ1n) is 7.97. The topological polar surface area (TPSA) is 78.6 Å². The zero-order chi connectivity index (χ0) is 18.3. The summed E-state index contributed by atoms with van der Waals surface area (Å²) in [5, 5.41) is 7.21. The van der Waals surface area contributed by atoms with Gasteiger partial charge in [0.2, 0.25) is 10.0 Å². The van der Waals surface area contributed by atoms with Crippen LogP contribution in [0.5, 0.6) is 11.5 Å². The Hall–Kier alpha value is -2.35. The first kappa shape index (κ1) is 17.1. The van der Waals surface area contributed by atoms with Gasteiger partial charge in [-0.15, -0.1) is 11.3 Å². The summed E-state index contributed by atoms with van der Waals surface area (Å²) in [5.41, 5.74) is 3.39. The van der Waals surface area contributed by atoms with E-state index in [4.69, 9.17) is 14.6 Å². The molecule has 0 spiro atoms. The summed E-state index contributed by atoms with van der Waals surface area (Å²) >= 11 is 1.60. The average molecular weight is 387 g/mol. The third kappa shape index (κ3) is 3.09. The Labute approximate surface area is 156 Å². The summed E-state index contributed by atoms with van der Waals surface area (Å²) in [6.45, 7) is 0. The molecule has 0 aliphatic carbocycles. The fourth-order valence-electron chi connectivity index (χ4n) is 3.27. The fraction of sp³-hybridized carbons (Fsp3) is 0.158. The van der Waals surface area contributed by atoms with E-state index in [1.165, 1.54) is 0 Å². The van der Waals surface area contributed by atoms with E-state index in [1.807, 2.05) is 47.8 Å². The molecule has 1 atom stereocenters. The van der Waals surface area contributed by atoms with Crippen molar-refractivity contribution in [1.29, 1.82) is 0 Å². The van der Waals surface area contributed by atoms with Crippen LogP contribution in [-0.4, -0.2) is 15.5 Å². The SMILES string of the molecule is COc1cccc2c1-c1ccc(CS(N)(=O)=O)cc1C(c1cccs1)O2. The number of primary sulfonamides is 1. The molecule has 1 aromatic heterocycles. The van der Waals surface area contributed by atoms with Gasteiger partial charge >= 0.3 is 0 Å². The number of nitrogens with two attached hydrogens (primary N) is 1. The standard InChI is InChI=1S/C19H17NO4S2/c1-23-15-4-2-5-16-18(15)13-8-7-12(11-26(20,21)22)10-14(13)19(24-16)17-6-3-9-25-17/h2-10,19H,11H2,1H3,(H2,20,21,22). The van der Waals surface area contributed by atoms with Gasteiger partial charge in [0.05, 0.1) is 18.4 Å². The van der Waals surface area contributed by atoms with Crippen LogP contribution in [0.1, 0.15) is 22.1 Å². The monoisotopic (exact) mass is 387 g/mol. The molecule has 26 heavy (non-hydrogen) atoms. The van der Waals surface area contributed by atoms with E-state index in [2.05, 4.69) is 0 Å². The van der Waals surface area contributed by atoms with Crippen molar-refractivity contribution >= 4 is 21.4 Å². The number of ether oxygens (including phenoxy) is 2. The van der Waals surface area contributed by atoms with Crippen molar-refractivity contribution in [2.24, 2.45) is 5.14 Å². The van der Waals surface area contributed by atoms with Crippen molar-refractivity contribution in [3.8, 4) is 22.6 Å². The number of benzene rings is 2. The molecule has 1 aliphatic rings. The Morgan fingerprint density at radius 1 is 1.19 bits per heavy atom. The molecule has 0 radical (unpaired) electrons. The van der Waals surface area contributed by atoms with Crippen LogP contribution in [0, 0.1) is 0 Å². The van der Waals surface area contributed by atoms with Crippen LogP contribution >= 0.6 is 11.3 Å². The van der Waals surface area contributed by atoms with E-state index in [9.17, 15) is 8.42 Å². The quantitative estimate of drug-likeness (QED) is 0.740. The second-order valence-corrected chi connectivity index (χ2v) is 8.67. The molecule has 4 rings (SSSR count). The van der Waals surface area contributed by atoms with Crippen molar-refractivity contribution in [2.75, 3.05) is 7.11 Å². The Balaban J connectivity index is 1.93. The summed E-state index contributed by atoms with van der Waals surface area (Å²) < 4.78 is 34.8. The third-order valence-corrected chi connectivity index (χ3v) is 5.94. The van der Waals surface area contributed by atoms with Gasteiger partial charge in [-0.3, -0.25) is 0 Å². The van der Waals surface area contributed by atoms with Crippen LogP contribution in [0.25, 0.3) is 11.1 Å². The minimum atomic E-state index is -3.61. The summed E-state index contributed by atoms with van der Waals surface area (Å²) in [6, 6.07) is 15.2. The number of methoxy groups -OCH3 is 1. The molecule has 2 N–H and O–H groups in total. The van der Waals surface area contributed by atoms with Gasteiger partial charge < -0.3 is 9.47 Å². The maximum atomic E-state index is 11.5. The normalized spacial score (nSPS) is 15.7. The predicted octanol–water partition coefficient (Wildman–Crippen LogP) is 3.69. The van der Waals surface area contributed by atoms with Crippen LogP contribution in [0.2, 0.25) is 0 Å². The zero-order valence-electron chi connectivity index (χ0n) is 14.0. The fourth-order valence-corrected chi connectivity index (χ4v) is 4.68. The average Bonchev–Trinajstić information content (AvgIpc) is 3.13. The Morgan fingerprint density at radius 3 is 2.73 bits per heavy atom. The number of thiophene rings is 1. The number of hydrogen-bond acceptors (Lipinski definition) is 5. The van der Waals surface area contributed by atoms with Crippen LogP contribution in [-0.2, 0) is 15.8 Å². The Morgan fingerprint density at radius 2 is 2.04 bits per heavy atom. The van der Waals surface area contributed by atoms with Gasteiger partial charge in [-0.2, -0.15) is 0 Å². The first-order valence-corrected chi connectivity index (χ1v) is 10.6. The van der Waals surface area contributed by atoms with Gasteiger partial charge in [0, 0.05) is 10.4 Å². The van der Waals surface area contributed by atoms with Crippen molar-refractivity contribution in [1.82, 2.24) is 0 Å². The van der Waals surface area contributed by atoms with Crippen LogP contribution in [0.4, 0.5) is 0 Å². The molecule has 0 saturated heterocycles. The molecule has 0 fully saturated rings. The molecule has 2 heterocycles. The van der Waals surface area contributed by atoms with E-state index < -0.39 is 10.0 Å². The third-order valence-electron chi connectivity index (χ3n) is 4.29. The molecule has 1 unspecified atom stereocenters. The minimum Gasteiger partial charge on any atom is -0.496 e. The minimum absolute atomic E-state index is 0.212. The van der Waals surface area contributed by atoms with E-state index >= 15 is 0 Å². The second kappa shape index (κ2) is 6.42. The predicted molar refractivity (Wildman–Crippen MR) is 102 cm³/mol. The van der Waals surface area contributed by atoms with E-state index in [0.29, 0.717) is 11.3 Å². The van der Waals surface area contributed by atoms with Crippen molar-refractivity contribution in [2.45, 2.75) is 11.9 Å². The van der Waals surface area contributed by atoms with Crippen LogP contribution in [0.15, 0.2) is 53.9 Å². The number of fused-ring (bicyclic) bond motifs is 3. The van der Waals surface area contributed by atoms with E-state index in [0.717, 1.165) is 27.3 Å². The van der Waals surface area contributed by atoms with E-state index in [1.54, 1.807) is 24.5 Å². The molecule has 2 aromatic carbocycles. The van der Waals surface area contributed by atoms with Gasteiger partial charge in [-0.25, -0.2) is 13.6 Å². The highest BCUT2D eigenvalue weighted by Crippen LogP contribution is 2.49. The Bertz CT molecular complexity index is 1060. The molecule has 0 saturated carbocycles. The zero-order valence-corrected chi connectivity index (χ0v) is 15.6. The first-order chi connectivity index (χ1) is 12.5. The smallest absolute Gasteiger partial charge is 0.213 e. The Kier molecular flexibility index (Phi) is 4.22. The summed E-state index contributed by atoms with van der Waals surface area (Å²) in [7, 11) is -1.99. The lowest BCUT2D eigenvalue weighted by molar-refractivity contribution is 0.246. The van der Waals surface area contributed by atoms with Gasteiger partial charge in [-0.1, -0.05) is 30.3 Å². The van der Waals surface area contributed by atoms with E-state index in [-0.39, 0.29) is 11.9 Å². The van der Waals surface area contributed by atoms with Crippen LogP contribution < -0.4 is 14.6 Å². The van der Waals surface area contributed by atoms with Gasteiger partial charge in [-0.05, 0) is 34.7 Å². The molecule has 1 aliphatic heterocycles. The lowest BCUT2D eigenvalue weighted by Gasteiger charge is -2.29.